The number of hydrogen-bond acceptors (Lipinski definition) is 0. The van der Waals surface area contributed by atoms with E-state index in [9.17, 15) is 0 Å². The minimum atomic E-state index is 0.356. The molecule has 0 saturated heterocycles. The molecular formula is C30H36. The fraction of sp³-hybridized carbons (Fsp3) is 0.667. The van der Waals surface area contributed by atoms with Gasteiger partial charge in [0.2, 0.25) is 0 Å². The predicted molar refractivity (Wildman–Crippen MR) is 124 cm³/mol. The molecule has 0 heteroatoms. The van der Waals surface area contributed by atoms with Crippen molar-refractivity contribution in [2.24, 2.45) is 40.4 Å². The highest BCUT2D eigenvalue weighted by Crippen LogP contribution is 2.77. The number of hydrogen-bond donors (Lipinski definition) is 0. The Hall–Kier alpha value is -1.48. The van der Waals surface area contributed by atoms with Gasteiger partial charge in [0.05, 0.1) is 0 Å². The van der Waals surface area contributed by atoms with E-state index in [2.05, 4.69) is 30.7 Å². The molecule has 0 aliphatic heterocycles. The molecule has 2 unspecified atom stereocenters. The average molecular weight is 397 g/mol. The van der Waals surface area contributed by atoms with Crippen LogP contribution < -0.4 is 0 Å². The fourth-order valence-electron chi connectivity index (χ4n) is 11.2. The quantitative estimate of drug-likeness (QED) is 0.468. The molecule has 1 aromatic carbocycles. The first kappa shape index (κ1) is 18.1. The van der Waals surface area contributed by atoms with Crippen molar-refractivity contribution in [2.45, 2.75) is 82.5 Å². The van der Waals surface area contributed by atoms with Crippen molar-refractivity contribution < 1.29 is 0 Å². The first-order valence-corrected chi connectivity index (χ1v) is 12.8. The topological polar surface area (TPSA) is 0 Å². The van der Waals surface area contributed by atoms with Crippen molar-refractivity contribution in [3.8, 4) is 12.3 Å². The van der Waals surface area contributed by atoms with Gasteiger partial charge in [0.15, 0.2) is 0 Å². The van der Waals surface area contributed by atoms with Crippen molar-refractivity contribution in [2.75, 3.05) is 0 Å². The van der Waals surface area contributed by atoms with Crippen LogP contribution in [0.3, 0.4) is 0 Å². The van der Waals surface area contributed by atoms with Gasteiger partial charge in [-0.3, -0.25) is 0 Å². The Morgan fingerprint density at radius 2 is 1.37 bits per heavy atom. The van der Waals surface area contributed by atoms with Gasteiger partial charge in [-0.2, -0.15) is 0 Å². The van der Waals surface area contributed by atoms with Crippen molar-refractivity contribution in [1.29, 1.82) is 0 Å². The molecule has 8 aliphatic rings. The molecule has 156 valence electrons. The lowest BCUT2D eigenvalue weighted by Crippen LogP contribution is -2.63. The van der Waals surface area contributed by atoms with E-state index in [4.69, 9.17) is 6.42 Å². The van der Waals surface area contributed by atoms with E-state index in [0.717, 1.165) is 35.2 Å². The molecular weight excluding hydrogens is 360 g/mol. The normalized spacial score (nSPS) is 49.9. The molecule has 0 heterocycles. The molecule has 8 fully saturated rings. The van der Waals surface area contributed by atoms with Gasteiger partial charge in [0.25, 0.3) is 0 Å². The third-order valence-corrected chi connectivity index (χ3v) is 11.2. The molecule has 8 saturated carbocycles. The average Bonchev–Trinajstić information content (AvgIpc) is 2.71. The van der Waals surface area contributed by atoms with E-state index in [-0.39, 0.29) is 0 Å². The van der Waals surface area contributed by atoms with Crippen LogP contribution in [0.1, 0.15) is 93.7 Å². The standard InChI is InChI=1S/C30H36/c1-3-20-5-6-27(26(4-2)11-20)28-12-24-10-25(13-28)18-30(17-24,19-28)29-14-21-7-22(15-29)9-23(8-21)16-29/h2-3,5-6,11,21-25H,1,7-10,12-19H2. The summed E-state index contributed by atoms with van der Waals surface area (Å²) >= 11 is 0. The molecule has 0 N–H and O–H groups in total. The van der Waals surface area contributed by atoms with Crippen LogP contribution in [0.4, 0.5) is 0 Å². The summed E-state index contributed by atoms with van der Waals surface area (Å²) in [6.07, 6.45) is 26.3. The van der Waals surface area contributed by atoms with Crippen molar-refractivity contribution in [1.82, 2.24) is 0 Å². The molecule has 9 rings (SSSR count). The minimum Gasteiger partial charge on any atom is -0.115 e. The van der Waals surface area contributed by atoms with Gasteiger partial charge in [-0.1, -0.05) is 30.7 Å². The van der Waals surface area contributed by atoms with Crippen LogP contribution in [0.2, 0.25) is 0 Å². The molecule has 8 bridgehead atoms. The number of terminal acetylenes is 1. The Kier molecular flexibility index (Phi) is 3.53. The molecule has 0 nitrogen and oxygen atoms in total. The lowest BCUT2D eigenvalue weighted by atomic mass is 9.32. The van der Waals surface area contributed by atoms with Gasteiger partial charge in [-0.25, -0.2) is 0 Å². The molecule has 1 aromatic rings. The first-order valence-electron chi connectivity index (χ1n) is 12.8. The minimum absolute atomic E-state index is 0.356. The second-order valence-corrected chi connectivity index (χ2v) is 12.9. The Labute approximate surface area is 182 Å². The molecule has 2 atom stereocenters. The van der Waals surface area contributed by atoms with Crippen LogP contribution >= 0.6 is 0 Å². The van der Waals surface area contributed by atoms with E-state index in [1.807, 2.05) is 6.08 Å². The van der Waals surface area contributed by atoms with Crippen LogP contribution in [0.5, 0.6) is 0 Å². The molecule has 0 amide bonds. The lowest BCUT2D eigenvalue weighted by molar-refractivity contribution is -0.205. The lowest BCUT2D eigenvalue weighted by Gasteiger charge is -2.72. The zero-order valence-electron chi connectivity index (χ0n) is 18.5. The fourth-order valence-corrected chi connectivity index (χ4v) is 11.2. The second kappa shape index (κ2) is 5.85. The van der Waals surface area contributed by atoms with Gasteiger partial charge in [-0.15, -0.1) is 6.42 Å². The zero-order valence-corrected chi connectivity index (χ0v) is 18.5. The SMILES string of the molecule is C#Cc1cc(C=C)ccc1C12CC3CC(C1)CC(C14CC5CC(CC(C5)C1)C4)(C3)C2. The van der Waals surface area contributed by atoms with Crippen molar-refractivity contribution in [3.05, 3.63) is 41.5 Å². The van der Waals surface area contributed by atoms with Crippen molar-refractivity contribution in [3.63, 3.8) is 0 Å². The number of rotatable bonds is 3. The maximum absolute atomic E-state index is 6.09. The van der Waals surface area contributed by atoms with Crippen LogP contribution in [-0.2, 0) is 5.41 Å². The Morgan fingerprint density at radius 1 is 0.800 bits per heavy atom. The summed E-state index contributed by atoms with van der Waals surface area (Å²) < 4.78 is 0. The monoisotopic (exact) mass is 396 g/mol. The summed E-state index contributed by atoms with van der Waals surface area (Å²) in [5.41, 5.74) is 5.52. The van der Waals surface area contributed by atoms with Gasteiger partial charge >= 0.3 is 0 Å². The first-order chi connectivity index (χ1) is 14.5. The molecule has 30 heavy (non-hydrogen) atoms. The summed E-state index contributed by atoms with van der Waals surface area (Å²) in [7, 11) is 0. The highest BCUT2D eigenvalue weighted by Gasteiger charge is 2.67. The summed E-state index contributed by atoms with van der Waals surface area (Å²) in [5, 5.41) is 0. The van der Waals surface area contributed by atoms with Crippen molar-refractivity contribution >= 4 is 6.08 Å². The maximum Gasteiger partial charge on any atom is 0.0286 e. The Morgan fingerprint density at radius 3 is 1.93 bits per heavy atom. The smallest absolute Gasteiger partial charge is 0.0286 e. The van der Waals surface area contributed by atoms with E-state index in [0.29, 0.717) is 16.2 Å². The van der Waals surface area contributed by atoms with Crippen LogP contribution in [0.15, 0.2) is 24.8 Å². The van der Waals surface area contributed by atoms with E-state index >= 15 is 0 Å². The summed E-state index contributed by atoms with van der Waals surface area (Å²) in [5.74, 6) is 8.18. The van der Waals surface area contributed by atoms with Gasteiger partial charge < -0.3 is 0 Å². The zero-order chi connectivity index (χ0) is 20.1. The summed E-state index contributed by atoms with van der Waals surface area (Å²) in [6, 6.07) is 6.92. The highest BCUT2D eigenvalue weighted by molar-refractivity contribution is 5.56. The summed E-state index contributed by atoms with van der Waals surface area (Å²) in [6.45, 7) is 3.98. The number of benzene rings is 1. The van der Waals surface area contributed by atoms with Gasteiger partial charge in [-0.05, 0) is 140 Å². The summed E-state index contributed by atoms with van der Waals surface area (Å²) in [4.78, 5) is 0. The van der Waals surface area contributed by atoms with Crippen LogP contribution in [0, 0.1) is 52.8 Å². The van der Waals surface area contributed by atoms with E-state index < -0.39 is 0 Å². The Balaban J connectivity index is 1.34. The second-order valence-electron chi connectivity index (χ2n) is 12.9. The molecule has 0 radical (unpaired) electrons. The van der Waals surface area contributed by atoms with E-state index in [1.165, 1.54) is 36.8 Å². The third-order valence-electron chi connectivity index (χ3n) is 11.2. The van der Waals surface area contributed by atoms with E-state index in [1.54, 1.807) is 51.4 Å². The maximum atomic E-state index is 6.09. The van der Waals surface area contributed by atoms with Crippen LogP contribution in [0.25, 0.3) is 6.08 Å². The van der Waals surface area contributed by atoms with Gasteiger partial charge in [0.1, 0.15) is 0 Å². The highest BCUT2D eigenvalue weighted by atomic mass is 14.7. The van der Waals surface area contributed by atoms with Crippen LogP contribution in [-0.4, -0.2) is 0 Å². The third kappa shape index (κ3) is 2.25. The Bertz CT molecular complexity index is 905. The molecule has 0 spiro atoms. The molecule has 0 aromatic heterocycles. The molecule has 8 aliphatic carbocycles. The van der Waals surface area contributed by atoms with Gasteiger partial charge in [0, 0.05) is 5.56 Å². The largest absolute Gasteiger partial charge is 0.115 e. The predicted octanol–water partition coefficient (Wildman–Crippen LogP) is 7.37.